The van der Waals surface area contributed by atoms with Crippen LogP contribution in [0, 0.1) is 24.2 Å². The molecule has 5 rings (SSSR count). The van der Waals surface area contributed by atoms with E-state index in [1.54, 1.807) is 5.56 Å². The van der Waals surface area contributed by atoms with Crippen molar-refractivity contribution in [3.63, 3.8) is 0 Å². The van der Waals surface area contributed by atoms with Gasteiger partial charge in [-0.15, -0.1) is 0 Å². The van der Waals surface area contributed by atoms with Gasteiger partial charge in [-0.05, 0) is 67.3 Å². The van der Waals surface area contributed by atoms with Crippen molar-refractivity contribution in [1.29, 1.82) is 0 Å². The third-order valence-corrected chi connectivity index (χ3v) is 6.08. The Kier molecular flexibility index (Phi) is 1.77. The molecule has 90 valence electrons. The monoisotopic (exact) mass is 226 g/mol. The summed E-state index contributed by atoms with van der Waals surface area (Å²) in [5.74, 6) is 2.07. The number of hydrogen-bond donors (Lipinski definition) is 0. The van der Waals surface area contributed by atoms with Gasteiger partial charge in [0.1, 0.15) is 0 Å². The predicted octanol–water partition coefficient (Wildman–Crippen LogP) is 4.46. The smallest absolute Gasteiger partial charge is 0.00362 e. The molecule has 4 saturated carbocycles. The molecule has 1 aromatic rings. The van der Waals surface area contributed by atoms with Gasteiger partial charge in [0.05, 0.1) is 0 Å². The summed E-state index contributed by atoms with van der Waals surface area (Å²) in [5.41, 5.74) is 4.29. The van der Waals surface area contributed by atoms with Crippen LogP contribution >= 0.6 is 0 Å². The Morgan fingerprint density at radius 1 is 1.06 bits per heavy atom. The molecule has 4 bridgehead atoms. The quantitative estimate of drug-likeness (QED) is 0.663. The summed E-state index contributed by atoms with van der Waals surface area (Å²) in [4.78, 5) is 0. The predicted molar refractivity (Wildman–Crippen MR) is 71.0 cm³/mol. The van der Waals surface area contributed by atoms with E-state index in [0.29, 0.717) is 10.8 Å². The molecule has 17 heavy (non-hydrogen) atoms. The lowest BCUT2D eigenvalue weighted by molar-refractivity contribution is 0.193. The van der Waals surface area contributed by atoms with Crippen LogP contribution in [0.1, 0.15) is 50.2 Å². The number of benzene rings is 1. The molecule has 0 saturated heterocycles. The summed E-state index contributed by atoms with van der Waals surface area (Å²) in [6, 6.07) is 9.43. The van der Waals surface area contributed by atoms with Gasteiger partial charge in [-0.2, -0.15) is 0 Å². The van der Waals surface area contributed by atoms with E-state index in [1.807, 2.05) is 0 Å². The van der Waals surface area contributed by atoms with Crippen LogP contribution in [0.15, 0.2) is 24.3 Å². The minimum atomic E-state index is 0.564. The maximum atomic E-state index is 2.56. The van der Waals surface area contributed by atoms with Gasteiger partial charge in [0.15, 0.2) is 0 Å². The van der Waals surface area contributed by atoms with Gasteiger partial charge >= 0.3 is 0 Å². The van der Waals surface area contributed by atoms with Crippen LogP contribution in [-0.4, -0.2) is 0 Å². The van der Waals surface area contributed by atoms with Crippen LogP contribution in [-0.2, 0) is 5.41 Å². The lowest BCUT2D eigenvalue weighted by Gasteiger charge is -2.40. The zero-order chi connectivity index (χ0) is 11.7. The van der Waals surface area contributed by atoms with E-state index >= 15 is 0 Å². The van der Waals surface area contributed by atoms with E-state index in [-0.39, 0.29) is 0 Å². The van der Waals surface area contributed by atoms with Gasteiger partial charge in [-0.1, -0.05) is 36.8 Å². The van der Waals surface area contributed by atoms with Crippen LogP contribution in [0.25, 0.3) is 0 Å². The molecular formula is C17H22. The molecule has 0 spiro atoms. The van der Waals surface area contributed by atoms with Crippen molar-refractivity contribution in [3.8, 4) is 0 Å². The summed E-state index contributed by atoms with van der Waals surface area (Å²) in [5, 5.41) is 0. The summed E-state index contributed by atoms with van der Waals surface area (Å²) < 4.78 is 0. The lowest BCUT2D eigenvalue weighted by Crippen LogP contribution is -2.32. The SMILES string of the molecule is Cc1ccc(C23CC4CC(C2)C(C)(C4)C3)cc1. The minimum Gasteiger partial charge on any atom is -0.0593 e. The zero-order valence-corrected chi connectivity index (χ0v) is 11.0. The fourth-order valence-corrected chi connectivity index (χ4v) is 5.57. The Balaban J connectivity index is 1.78. The highest BCUT2D eigenvalue weighted by molar-refractivity contribution is 5.34. The van der Waals surface area contributed by atoms with Crippen LogP contribution in [0.5, 0.6) is 0 Å². The number of hydrogen-bond acceptors (Lipinski definition) is 0. The molecule has 4 unspecified atom stereocenters. The van der Waals surface area contributed by atoms with Crippen LogP contribution in [0.2, 0.25) is 0 Å². The molecule has 0 heterocycles. The first-order valence-corrected chi connectivity index (χ1v) is 7.17. The fourth-order valence-electron chi connectivity index (χ4n) is 5.57. The van der Waals surface area contributed by atoms with Gasteiger partial charge < -0.3 is 0 Å². The van der Waals surface area contributed by atoms with E-state index < -0.39 is 0 Å². The van der Waals surface area contributed by atoms with Crippen molar-refractivity contribution in [2.45, 2.75) is 51.4 Å². The van der Waals surface area contributed by atoms with Gasteiger partial charge in [0, 0.05) is 0 Å². The van der Waals surface area contributed by atoms with Crippen LogP contribution in [0.3, 0.4) is 0 Å². The van der Waals surface area contributed by atoms with Crippen molar-refractivity contribution in [1.82, 2.24) is 0 Å². The molecule has 0 amide bonds. The first-order valence-electron chi connectivity index (χ1n) is 7.17. The maximum Gasteiger partial charge on any atom is -0.00362 e. The van der Waals surface area contributed by atoms with Crippen LogP contribution < -0.4 is 0 Å². The molecule has 4 atom stereocenters. The molecule has 0 radical (unpaired) electrons. The summed E-state index contributed by atoms with van der Waals surface area (Å²) in [6.07, 6.45) is 7.46. The summed E-state index contributed by atoms with van der Waals surface area (Å²) >= 11 is 0. The highest BCUT2D eigenvalue weighted by atomic mass is 14.7. The first kappa shape index (κ1) is 10.2. The van der Waals surface area contributed by atoms with Gasteiger partial charge in [-0.25, -0.2) is 0 Å². The summed E-state index contributed by atoms with van der Waals surface area (Å²) in [6.45, 7) is 4.76. The molecule has 0 heteroatoms. The number of rotatable bonds is 1. The second-order valence-electron chi connectivity index (χ2n) is 7.39. The fraction of sp³-hybridized carbons (Fsp3) is 0.647. The third kappa shape index (κ3) is 1.25. The molecule has 0 N–H and O–H groups in total. The van der Waals surface area contributed by atoms with E-state index in [9.17, 15) is 0 Å². The third-order valence-electron chi connectivity index (χ3n) is 6.08. The normalized spacial score (nSPS) is 46.7. The average molecular weight is 226 g/mol. The molecule has 4 aliphatic rings. The largest absolute Gasteiger partial charge is 0.0593 e. The molecule has 4 fully saturated rings. The van der Waals surface area contributed by atoms with Crippen molar-refractivity contribution >= 4 is 0 Å². The second-order valence-corrected chi connectivity index (χ2v) is 7.39. The molecule has 0 nitrogen and oxygen atoms in total. The number of aryl methyl sites for hydroxylation is 1. The first-order chi connectivity index (χ1) is 8.10. The summed E-state index contributed by atoms with van der Waals surface area (Å²) in [7, 11) is 0. The van der Waals surface area contributed by atoms with E-state index in [0.717, 1.165) is 11.8 Å². The standard InChI is InChI=1S/C17H22/c1-12-3-5-14(6-4-12)17-9-13-7-15(10-17)16(2,8-13)11-17/h3-6,13,15H,7-11H2,1-2H3. The molecule has 1 aromatic carbocycles. The highest BCUT2D eigenvalue weighted by Crippen LogP contribution is 2.70. The van der Waals surface area contributed by atoms with Gasteiger partial charge in [0.25, 0.3) is 0 Å². The Hall–Kier alpha value is -0.780. The van der Waals surface area contributed by atoms with Crippen molar-refractivity contribution in [3.05, 3.63) is 35.4 Å². The average Bonchev–Trinajstić information content (AvgIpc) is 2.61. The lowest BCUT2D eigenvalue weighted by atomic mass is 9.64. The Morgan fingerprint density at radius 3 is 2.47 bits per heavy atom. The van der Waals surface area contributed by atoms with Gasteiger partial charge in [0.2, 0.25) is 0 Å². The highest BCUT2D eigenvalue weighted by Gasteiger charge is 2.61. The van der Waals surface area contributed by atoms with Crippen molar-refractivity contribution < 1.29 is 0 Å². The van der Waals surface area contributed by atoms with E-state index in [1.165, 1.54) is 37.7 Å². The van der Waals surface area contributed by atoms with E-state index in [2.05, 4.69) is 38.1 Å². The second kappa shape index (κ2) is 2.96. The Morgan fingerprint density at radius 2 is 1.82 bits per heavy atom. The molecule has 0 aliphatic heterocycles. The van der Waals surface area contributed by atoms with Crippen molar-refractivity contribution in [2.75, 3.05) is 0 Å². The van der Waals surface area contributed by atoms with Crippen LogP contribution in [0.4, 0.5) is 0 Å². The van der Waals surface area contributed by atoms with Crippen molar-refractivity contribution in [2.24, 2.45) is 17.3 Å². The Bertz CT molecular complexity index is 457. The maximum absolute atomic E-state index is 2.56. The molecule has 0 aromatic heterocycles. The van der Waals surface area contributed by atoms with Gasteiger partial charge in [-0.3, -0.25) is 0 Å². The zero-order valence-electron chi connectivity index (χ0n) is 11.0. The molecular weight excluding hydrogens is 204 g/mol. The molecule has 4 aliphatic carbocycles. The Labute approximate surface area is 104 Å². The minimum absolute atomic E-state index is 0.564. The topological polar surface area (TPSA) is 0 Å². The van der Waals surface area contributed by atoms with E-state index in [4.69, 9.17) is 0 Å².